The summed E-state index contributed by atoms with van der Waals surface area (Å²) in [5, 5.41) is 1.16. The smallest absolute Gasteiger partial charge is 0.118 e. The van der Waals surface area contributed by atoms with Crippen molar-refractivity contribution >= 4 is 28.2 Å². The van der Waals surface area contributed by atoms with Gasteiger partial charge in [-0.25, -0.2) is 0 Å². The molecule has 13 heavy (non-hydrogen) atoms. The normalized spacial score (nSPS) is 12.3. The summed E-state index contributed by atoms with van der Waals surface area (Å²) >= 11 is 11.7. The Morgan fingerprint density at radius 2 is 1.69 bits per heavy atom. The first-order valence-corrected chi connectivity index (χ1v) is 4.57. The Hall–Kier alpha value is -0.660. The standard InChI is InChI=1S/C10H10Cl2O/c1-7(11)10(12)8-3-5-9(13-2)6-4-8/h3-6H,1-2H3/b10-7+. The Morgan fingerprint density at radius 1 is 1.15 bits per heavy atom. The van der Waals surface area contributed by atoms with E-state index in [2.05, 4.69) is 0 Å². The van der Waals surface area contributed by atoms with Crippen LogP contribution in [0.3, 0.4) is 0 Å². The summed E-state index contributed by atoms with van der Waals surface area (Å²) in [5.41, 5.74) is 0.898. The van der Waals surface area contributed by atoms with E-state index in [1.165, 1.54) is 0 Å². The van der Waals surface area contributed by atoms with Crippen molar-refractivity contribution in [3.63, 3.8) is 0 Å². The van der Waals surface area contributed by atoms with Crippen LogP contribution in [-0.2, 0) is 0 Å². The number of ether oxygens (including phenoxy) is 1. The van der Waals surface area contributed by atoms with Crippen LogP contribution in [0.25, 0.3) is 5.03 Å². The van der Waals surface area contributed by atoms with Crippen molar-refractivity contribution < 1.29 is 4.74 Å². The van der Waals surface area contributed by atoms with Gasteiger partial charge in [-0.2, -0.15) is 0 Å². The highest BCUT2D eigenvalue weighted by atomic mass is 35.5. The third kappa shape index (κ3) is 2.64. The molecule has 70 valence electrons. The van der Waals surface area contributed by atoms with Gasteiger partial charge in [-0.3, -0.25) is 0 Å². The lowest BCUT2D eigenvalue weighted by Gasteiger charge is -2.02. The molecular weight excluding hydrogens is 207 g/mol. The molecule has 1 nitrogen and oxygen atoms in total. The van der Waals surface area contributed by atoms with Gasteiger partial charge < -0.3 is 4.74 Å². The molecular formula is C10H10Cl2O. The molecule has 0 aliphatic heterocycles. The molecule has 3 heteroatoms. The van der Waals surface area contributed by atoms with Gasteiger partial charge in [-0.15, -0.1) is 0 Å². The van der Waals surface area contributed by atoms with Gasteiger partial charge in [0.1, 0.15) is 5.75 Å². The van der Waals surface area contributed by atoms with Gasteiger partial charge in [0.25, 0.3) is 0 Å². The van der Waals surface area contributed by atoms with Crippen LogP contribution in [0.5, 0.6) is 5.75 Å². The number of rotatable bonds is 2. The molecule has 0 bridgehead atoms. The Bertz CT molecular complexity index is 310. The summed E-state index contributed by atoms with van der Waals surface area (Å²) in [5.74, 6) is 0.806. The molecule has 0 fully saturated rings. The molecule has 0 saturated carbocycles. The Balaban J connectivity index is 2.99. The summed E-state index contributed by atoms with van der Waals surface area (Å²) in [6.07, 6.45) is 0. The van der Waals surface area contributed by atoms with E-state index >= 15 is 0 Å². The Kier molecular flexibility index (Phi) is 3.64. The third-order valence-electron chi connectivity index (χ3n) is 1.65. The quantitative estimate of drug-likeness (QED) is 0.730. The summed E-state index contributed by atoms with van der Waals surface area (Å²) in [6.45, 7) is 1.76. The fraction of sp³-hybridized carbons (Fsp3) is 0.200. The molecule has 1 aromatic rings. The van der Waals surface area contributed by atoms with Crippen molar-refractivity contribution in [1.82, 2.24) is 0 Å². The number of hydrogen-bond acceptors (Lipinski definition) is 1. The van der Waals surface area contributed by atoms with E-state index in [0.29, 0.717) is 10.1 Å². The molecule has 0 radical (unpaired) electrons. The highest BCUT2D eigenvalue weighted by molar-refractivity contribution is 6.54. The van der Waals surface area contributed by atoms with Crippen LogP contribution < -0.4 is 4.74 Å². The minimum absolute atomic E-state index is 0.573. The third-order valence-corrected chi connectivity index (χ3v) is 2.43. The predicted molar refractivity (Wildman–Crippen MR) is 57.3 cm³/mol. The second-order valence-electron chi connectivity index (χ2n) is 2.58. The zero-order valence-electron chi connectivity index (χ0n) is 7.47. The summed E-state index contributed by atoms with van der Waals surface area (Å²) in [6, 6.07) is 7.43. The lowest BCUT2D eigenvalue weighted by Crippen LogP contribution is -1.83. The Morgan fingerprint density at radius 3 is 2.08 bits per heavy atom. The zero-order valence-corrected chi connectivity index (χ0v) is 8.99. The molecule has 0 amide bonds. The van der Waals surface area contributed by atoms with Crippen LogP contribution in [0, 0.1) is 0 Å². The predicted octanol–water partition coefficient (Wildman–Crippen LogP) is 3.86. The van der Waals surface area contributed by atoms with Crippen molar-refractivity contribution in [2.75, 3.05) is 7.11 Å². The minimum Gasteiger partial charge on any atom is -0.497 e. The van der Waals surface area contributed by atoms with Crippen LogP contribution in [0.2, 0.25) is 0 Å². The van der Waals surface area contributed by atoms with Gasteiger partial charge in [-0.1, -0.05) is 23.2 Å². The average molecular weight is 217 g/mol. The fourth-order valence-electron chi connectivity index (χ4n) is 0.936. The van der Waals surface area contributed by atoms with E-state index < -0.39 is 0 Å². The molecule has 0 aromatic heterocycles. The van der Waals surface area contributed by atoms with E-state index in [1.807, 2.05) is 24.3 Å². The highest BCUT2D eigenvalue weighted by Crippen LogP contribution is 2.26. The van der Waals surface area contributed by atoms with Crippen molar-refractivity contribution in [2.45, 2.75) is 6.92 Å². The lowest BCUT2D eigenvalue weighted by atomic mass is 10.2. The molecule has 1 rings (SSSR count). The molecule has 1 aromatic carbocycles. The van der Waals surface area contributed by atoms with Crippen molar-refractivity contribution in [2.24, 2.45) is 0 Å². The molecule has 0 spiro atoms. The van der Waals surface area contributed by atoms with E-state index in [1.54, 1.807) is 14.0 Å². The molecule has 0 heterocycles. The van der Waals surface area contributed by atoms with Crippen LogP contribution in [-0.4, -0.2) is 7.11 Å². The van der Waals surface area contributed by atoms with Gasteiger partial charge >= 0.3 is 0 Å². The highest BCUT2D eigenvalue weighted by Gasteiger charge is 2.00. The molecule has 0 aliphatic carbocycles. The first-order valence-electron chi connectivity index (χ1n) is 3.81. The maximum Gasteiger partial charge on any atom is 0.118 e. The molecule has 0 unspecified atom stereocenters. The van der Waals surface area contributed by atoms with Gasteiger partial charge in [-0.05, 0) is 36.8 Å². The van der Waals surface area contributed by atoms with Gasteiger partial charge in [0.05, 0.1) is 12.1 Å². The topological polar surface area (TPSA) is 9.23 Å². The van der Waals surface area contributed by atoms with Crippen LogP contribution in [0.15, 0.2) is 29.3 Å². The number of allylic oxidation sites excluding steroid dienone is 1. The second kappa shape index (κ2) is 4.54. The summed E-state index contributed by atoms with van der Waals surface area (Å²) < 4.78 is 5.02. The number of halogens is 2. The van der Waals surface area contributed by atoms with Crippen molar-refractivity contribution in [3.8, 4) is 5.75 Å². The van der Waals surface area contributed by atoms with Gasteiger partial charge in [0.15, 0.2) is 0 Å². The number of methoxy groups -OCH3 is 1. The first kappa shape index (κ1) is 10.4. The second-order valence-corrected chi connectivity index (χ2v) is 3.52. The maximum absolute atomic E-state index is 5.94. The summed E-state index contributed by atoms with van der Waals surface area (Å²) in [7, 11) is 1.62. The monoisotopic (exact) mass is 216 g/mol. The molecule has 0 atom stereocenters. The van der Waals surface area contributed by atoms with Crippen LogP contribution >= 0.6 is 23.2 Å². The summed E-state index contributed by atoms with van der Waals surface area (Å²) in [4.78, 5) is 0. The maximum atomic E-state index is 5.94. The largest absolute Gasteiger partial charge is 0.497 e. The van der Waals surface area contributed by atoms with Crippen molar-refractivity contribution in [1.29, 1.82) is 0 Å². The Labute approximate surface area is 87.9 Å². The van der Waals surface area contributed by atoms with Crippen LogP contribution in [0.4, 0.5) is 0 Å². The minimum atomic E-state index is 0.573. The van der Waals surface area contributed by atoms with Gasteiger partial charge in [0.2, 0.25) is 0 Å². The van der Waals surface area contributed by atoms with E-state index in [-0.39, 0.29) is 0 Å². The van der Waals surface area contributed by atoms with Gasteiger partial charge in [0, 0.05) is 5.03 Å². The average Bonchev–Trinajstić information content (AvgIpc) is 2.17. The van der Waals surface area contributed by atoms with E-state index in [9.17, 15) is 0 Å². The first-order chi connectivity index (χ1) is 6.15. The number of hydrogen-bond donors (Lipinski definition) is 0. The molecule has 0 aliphatic rings. The lowest BCUT2D eigenvalue weighted by molar-refractivity contribution is 0.415. The zero-order chi connectivity index (χ0) is 9.84. The molecule has 0 N–H and O–H groups in total. The SMILES string of the molecule is COc1ccc(/C(Cl)=C(/C)Cl)cc1. The van der Waals surface area contributed by atoms with E-state index in [4.69, 9.17) is 27.9 Å². The van der Waals surface area contributed by atoms with Crippen molar-refractivity contribution in [3.05, 3.63) is 34.9 Å². The molecule has 0 saturated heterocycles. The van der Waals surface area contributed by atoms with E-state index in [0.717, 1.165) is 11.3 Å². The van der Waals surface area contributed by atoms with Crippen LogP contribution in [0.1, 0.15) is 12.5 Å². The fourth-order valence-corrected chi connectivity index (χ4v) is 1.17. The number of benzene rings is 1.